The van der Waals surface area contributed by atoms with Crippen LogP contribution in [0.1, 0.15) is 43.0 Å². The number of aromatic nitrogens is 2. The molecule has 0 aliphatic carbocycles. The van der Waals surface area contributed by atoms with Crippen LogP contribution in [0.15, 0.2) is 85.2 Å². The van der Waals surface area contributed by atoms with E-state index in [4.69, 9.17) is 0 Å². The van der Waals surface area contributed by atoms with E-state index in [0.29, 0.717) is 11.1 Å². The highest BCUT2D eigenvalue weighted by Gasteiger charge is 2.41. The number of hydrogen-bond donors (Lipinski definition) is 2. The molecule has 6 rings (SSSR count). The SMILES string of the molecule is CC(C)(C)c1ccc(CN2C(=O)C(c3c[nH]c4ccccc34)=C(c3c[nH]c4ccccc34)C2=O)cc1. The Bertz CT molecular complexity index is 1580. The first-order valence-electron chi connectivity index (χ1n) is 12.2. The molecule has 2 aromatic heterocycles. The van der Waals surface area contributed by atoms with Gasteiger partial charge in [0.2, 0.25) is 0 Å². The molecule has 0 spiro atoms. The number of amides is 2. The number of hydrogen-bond acceptors (Lipinski definition) is 2. The zero-order chi connectivity index (χ0) is 25.0. The van der Waals surface area contributed by atoms with Crippen LogP contribution in [0, 0.1) is 0 Å². The van der Waals surface area contributed by atoms with Gasteiger partial charge in [0.15, 0.2) is 0 Å². The number of carbonyl (C=O) groups excluding carboxylic acids is 2. The van der Waals surface area contributed by atoms with Crippen LogP contribution in [0.2, 0.25) is 0 Å². The number of carbonyl (C=O) groups is 2. The minimum atomic E-state index is -0.273. The molecule has 3 aromatic carbocycles. The second-order valence-corrected chi connectivity index (χ2v) is 10.4. The topological polar surface area (TPSA) is 69.0 Å². The molecule has 36 heavy (non-hydrogen) atoms. The van der Waals surface area contributed by atoms with Gasteiger partial charge in [0.1, 0.15) is 0 Å². The fourth-order valence-electron chi connectivity index (χ4n) is 5.07. The molecule has 0 fully saturated rings. The van der Waals surface area contributed by atoms with Gasteiger partial charge < -0.3 is 9.97 Å². The van der Waals surface area contributed by atoms with Crippen molar-refractivity contribution in [2.24, 2.45) is 0 Å². The first-order valence-corrected chi connectivity index (χ1v) is 12.2. The van der Waals surface area contributed by atoms with Crippen molar-refractivity contribution >= 4 is 44.8 Å². The molecule has 0 radical (unpaired) electrons. The maximum absolute atomic E-state index is 14.0. The molecule has 0 atom stereocenters. The highest BCUT2D eigenvalue weighted by atomic mass is 16.2. The lowest BCUT2D eigenvalue weighted by Gasteiger charge is -2.20. The summed E-state index contributed by atoms with van der Waals surface area (Å²) in [7, 11) is 0. The average molecular weight is 474 g/mol. The van der Waals surface area contributed by atoms with E-state index in [1.165, 1.54) is 10.5 Å². The summed E-state index contributed by atoms with van der Waals surface area (Å²) >= 11 is 0. The van der Waals surface area contributed by atoms with E-state index >= 15 is 0 Å². The number of para-hydroxylation sites is 2. The van der Waals surface area contributed by atoms with Gasteiger partial charge in [-0.15, -0.1) is 0 Å². The normalized spacial score (nSPS) is 14.6. The van der Waals surface area contributed by atoms with Gasteiger partial charge in [0.05, 0.1) is 17.7 Å². The molecule has 1 aliphatic heterocycles. The van der Waals surface area contributed by atoms with E-state index in [-0.39, 0.29) is 23.8 Å². The summed E-state index contributed by atoms with van der Waals surface area (Å²) in [5, 5.41) is 1.84. The molecule has 5 aromatic rings. The van der Waals surface area contributed by atoms with Gasteiger partial charge in [0, 0.05) is 45.3 Å². The van der Waals surface area contributed by atoms with E-state index in [1.54, 1.807) is 0 Å². The minimum Gasteiger partial charge on any atom is -0.361 e. The Kier molecular flexibility index (Phi) is 4.97. The predicted octanol–water partition coefficient (Wildman–Crippen LogP) is 6.43. The van der Waals surface area contributed by atoms with Crippen molar-refractivity contribution in [3.05, 3.63) is 107 Å². The van der Waals surface area contributed by atoms with Crippen molar-refractivity contribution < 1.29 is 9.59 Å². The van der Waals surface area contributed by atoms with Crippen molar-refractivity contribution in [2.75, 3.05) is 0 Å². The van der Waals surface area contributed by atoms with Crippen LogP contribution in [0.3, 0.4) is 0 Å². The summed E-state index contributed by atoms with van der Waals surface area (Å²) in [6.07, 6.45) is 3.67. The first kappa shape index (κ1) is 22.1. The Labute approximate surface area is 209 Å². The van der Waals surface area contributed by atoms with Crippen LogP contribution in [0.5, 0.6) is 0 Å². The van der Waals surface area contributed by atoms with E-state index in [9.17, 15) is 9.59 Å². The lowest BCUT2D eigenvalue weighted by atomic mass is 9.87. The third-order valence-electron chi connectivity index (χ3n) is 7.05. The maximum Gasteiger partial charge on any atom is 0.262 e. The summed E-state index contributed by atoms with van der Waals surface area (Å²) in [4.78, 5) is 35.8. The quantitative estimate of drug-likeness (QED) is 0.296. The van der Waals surface area contributed by atoms with Crippen LogP contribution < -0.4 is 0 Å². The molecule has 0 unspecified atom stereocenters. The summed E-state index contributed by atoms with van der Waals surface area (Å²) in [6.45, 7) is 6.72. The third kappa shape index (κ3) is 3.47. The molecule has 0 saturated heterocycles. The highest BCUT2D eigenvalue weighted by molar-refractivity contribution is 6.50. The van der Waals surface area contributed by atoms with Crippen molar-refractivity contribution in [2.45, 2.75) is 32.7 Å². The van der Waals surface area contributed by atoms with Crippen molar-refractivity contribution in [1.29, 1.82) is 0 Å². The maximum atomic E-state index is 14.0. The van der Waals surface area contributed by atoms with Gasteiger partial charge in [-0.2, -0.15) is 0 Å². The summed E-state index contributed by atoms with van der Waals surface area (Å²) < 4.78 is 0. The molecule has 178 valence electrons. The molecule has 3 heterocycles. The largest absolute Gasteiger partial charge is 0.361 e. The van der Waals surface area contributed by atoms with E-state index in [1.807, 2.05) is 73.1 Å². The summed E-state index contributed by atoms with van der Waals surface area (Å²) in [5.41, 5.74) is 6.38. The molecule has 0 bridgehead atoms. The number of nitrogens with one attached hydrogen (secondary N) is 2. The molecule has 1 aliphatic rings. The molecule has 2 amide bonds. The van der Waals surface area contributed by atoms with Gasteiger partial charge in [0.25, 0.3) is 11.8 Å². The molecule has 0 saturated carbocycles. The van der Waals surface area contributed by atoms with Gasteiger partial charge in [-0.05, 0) is 28.7 Å². The molecule has 5 heteroatoms. The Hall–Kier alpha value is -4.38. The summed E-state index contributed by atoms with van der Waals surface area (Å²) in [5.74, 6) is -0.546. The van der Waals surface area contributed by atoms with Gasteiger partial charge in [-0.3, -0.25) is 14.5 Å². The van der Waals surface area contributed by atoms with Crippen molar-refractivity contribution in [1.82, 2.24) is 14.9 Å². The van der Waals surface area contributed by atoms with Gasteiger partial charge in [-0.1, -0.05) is 81.4 Å². The van der Waals surface area contributed by atoms with Crippen LogP contribution in [0.4, 0.5) is 0 Å². The van der Waals surface area contributed by atoms with Crippen molar-refractivity contribution in [3.8, 4) is 0 Å². The number of imide groups is 1. The molecule has 5 nitrogen and oxygen atoms in total. The second kappa shape index (κ2) is 8.09. The fraction of sp³-hybridized carbons (Fsp3) is 0.161. The molecule has 2 N–H and O–H groups in total. The number of nitrogens with zero attached hydrogens (tertiary/aromatic N) is 1. The van der Waals surface area contributed by atoms with Crippen LogP contribution in [-0.2, 0) is 21.5 Å². The lowest BCUT2D eigenvalue weighted by molar-refractivity contribution is -0.136. The monoisotopic (exact) mass is 473 g/mol. The van der Waals surface area contributed by atoms with Gasteiger partial charge in [-0.25, -0.2) is 0 Å². The zero-order valence-electron chi connectivity index (χ0n) is 20.6. The Morgan fingerprint density at radius 3 is 1.61 bits per heavy atom. The number of fused-ring (bicyclic) bond motifs is 2. The lowest BCUT2D eigenvalue weighted by Crippen LogP contribution is -2.31. The Morgan fingerprint density at radius 1 is 0.667 bits per heavy atom. The Morgan fingerprint density at radius 2 is 1.14 bits per heavy atom. The fourth-order valence-corrected chi connectivity index (χ4v) is 5.07. The van der Waals surface area contributed by atoms with Crippen molar-refractivity contribution in [3.63, 3.8) is 0 Å². The second-order valence-electron chi connectivity index (χ2n) is 10.4. The van der Waals surface area contributed by atoms with Crippen LogP contribution in [0.25, 0.3) is 33.0 Å². The first-order chi connectivity index (χ1) is 17.3. The smallest absolute Gasteiger partial charge is 0.262 e. The van der Waals surface area contributed by atoms with E-state index in [2.05, 4.69) is 42.9 Å². The van der Waals surface area contributed by atoms with Crippen LogP contribution in [-0.4, -0.2) is 26.7 Å². The third-order valence-corrected chi connectivity index (χ3v) is 7.05. The van der Waals surface area contributed by atoms with E-state index in [0.717, 1.165) is 38.5 Å². The standard InChI is InChI=1S/C31H27N3O2/c1-31(2,3)20-14-12-19(13-15-20)18-34-29(35)27(23-16-32-25-10-6-4-8-21(23)25)28(30(34)36)24-17-33-26-11-7-5-9-22(24)26/h4-17,32-33H,18H2,1-3H3. The summed E-state index contributed by atoms with van der Waals surface area (Å²) in [6, 6.07) is 23.9. The van der Waals surface area contributed by atoms with Gasteiger partial charge >= 0.3 is 0 Å². The predicted molar refractivity (Wildman–Crippen MR) is 144 cm³/mol. The number of H-pyrrole nitrogens is 2. The highest BCUT2D eigenvalue weighted by Crippen LogP contribution is 2.41. The molecular formula is C31H27N3O2. The zero-order valence-corrected chi connectivity index (χ0v) is 20.6. The minimum absolute atomic E-state index is 0.0321. The average Bonchev–Trinajstić information content (AvgIpc) is 3.54. The van der Waals surface area contributed by atoms with E-state index < -0.39 is 0 Å². The van der Waals surface area contributed by atoms with Crippen LogP contribution >= 0.6 is 0 Å². The number of benzene rings is 3. The number of aromatic amines is 2. The molecular weight excluding hydrogens is 446 g/mol. The number of rotatable bonds is 4. The Balaban J connectivity index is 1.48.